The smallest absolute Gasteiger partial charge is 0.259 e. The van der Waals surface area contributed by atoms with E-state index in [-0.39, 0.29) is 37.3 Å². The van der Waals surface area contributed by atoms with E-state index >= 15 is 4.79 Å². The van der Waals surface area contributed by atoms with Gasteiger partial charge >= 0.3 is 0 Å². The first-order valence-corrected chi connectivity index (χ1v) is 23.5. The number of aromatic nitrogens is 1. The molecule has 2 aromatic carbocycles. The number of fused-ring (bicyclic) bond motifs is 4. The highest BCUT2D eigenvalue weighted by Gasteiger charge is 2.62. The van der Waals surface area contributed by atoms with E-state index in [1.807, 2.05) is 73.7 Å². The fourth-order valence-electron chi connectivity index (χ4n) is 10.0. The molecule has 3 amide bonds. The van der Waals surface area contributed by atoms with Crippen LogP contribution in [0.2, 0.25) is 0 Å². The summed E-state index contributed by atoms with van der Waals surface area (Å²) >= 11 is 0. The molecule has 326 valence electrons. The van der Waals surface area contributed by atoms with Crippen LogP contribution in [0.3, 0.4) is 0 Å². The molecule has 1 aromatic heterocycles. The van der Waals surface area contributed by atoms with Crippen molar-refractivity contribution in [2.75, 3.05) is 13.7 Å². The van der Waals surface area contributed by atoms with Gasteiger partial charge in [0.05, 0.1) is 36.7 Å². The molecule has 0 bridgehead atoms. The van der Waals surface area contributed by atoms with Crippen LogP contribution in [0, 0.1) is 29.6 Å². The second kappa shape index (κ2) is 16.6. The normalized spacial score (nSPS) is 33.0. The van der Waals surface area contributed by atoms with Crippen LogP contribution in [0.25, 0.3) is 22.0 Å². The first-order chi connectivity index (χ1) is 29.3. The number of rotatable bonds is 11. The minimum Gasteiger partial charge on any atom is -0.497 e. The third-order valence-corrected chi connectivity index (χ3v) is 15.6. The van der Waals surface area contributed by atoms with Crippen molar-refractivity contribution in [3.05, 3.63) is 66.7 Å². The maximum Gasteiger partial charge on any atom is 0.259 e. The second-order valence-electron chi connectivity index (χ2n) is 18.5. The van der Waals surface area contributed by atoms with Gasteiger partial charge in [0.1, 0.15) is 23.4 Å². The van der Waals surface area contributed by atoms with Crippen molar-refractivity contribution >= 4 is 38.5 Å². The molecule has 0 radical (unpaired) electrons. The highest BCUT2D eigenvalue weighted by molar-refractivity contribution is 7.91. The number of sulfonamides is 1. The molecule has 61 heavy (non-hydrogen) atoms. The highest BCUT2D eigenvalue weighted by atomic mass is 32.2. The van der Waals surface area contributed by atoms with Crippen molar-refractivity contribution in [3.8, 4) is 22.9 Å². The lowest BCUT2D eigenvalue weighted by Gasteiger charge is -2.34. The van der Waals surface area contributed by atoms with Crippen LogP contribution >= 0.6 is 0 Å². The number of nitrogens with one attached hydrogen (secondary N) is 3. The van der Waals surface area contributed by atoms with E-state index in [0.29, 0.717) is 60.2 Å². The fourth-order valence-corrected chi connectivity index (χ4v) is 11.4. The van der Waals surface area contributed by atoms with Crippen molar-refractivity contribution in [2.45, 2.75) is 120 Å². The second-order valence-corrected chi connectivity index (χ2v) is 20.5. The summed E-state index contributed by atoms with van der Waals surface area (Å²) in [7, 11) is -2.30. The van der Waals surface area contributed by atoms with Gasteiger partial charge in [-0.05, 0) is 111 Å². The molecule has 5 fully saturated rings. The van der Waals surface area contributed by atoms with Crippen LogP contribution in [0.15, 0.2) is 66.7 Å². The quantitative estimate of drug-likeness (QED) is 0.153. The number of carbonyl (C=O) groups excluding carboxylic acids is 3. The molecule has 15 heteroatoms. The predicted molar refractivity (Wildman–Crippen MR) is 227 cm³/mol. The fraction of sp³-hybridized carbons (Fsp3) is 0.565. The topological polar surface area (TPSA) is 185 Å². The zero-order chi connectivity index (χ0) is 42.6. The molecular weight excluding hydrogens is 799 g/mol. The Hall–Kier alpha value is -4.57. The van der Waals surface area contributed by atoms with E-state index < -0.39 is 69.1 Å². The zero-order valence-electron chi connectivity index (χ0n) is 35.0. The lowest BCUT2D eigenvalue weighted by molar-refractivity contribution is -0.169. The summed E-state index contributed by atoms with van der Waals surface area (Å²) in [5.74, 6) is -0.0154. The molecule has 6 aliphatic rings. The molecule has 9 rings (SSSR count). The van der Waals surface area contributed by atoms with Gasteiger partial charge in [-0.2, -0.15) is 0 Å². The minimum atomic E-state index is -3.91. The van der Waals surface area contributed by atoms with Crippen molar-refractivity contribution in [1.82, 2.24) is 25.2 Å². The number of methoxy groups -OCH3 is 1. The number of nitrogens with zero attached hydrogens (tertiary/aromatic N) is 2. The van der Waals surface area contributed by atoms with Gasteiger partial charge in [-0.25, -0.2) is 13.4 Å². The van der Waals surface area contributed by atoms with Crippen molar-refractivity contribution in [1.29, 1.82) is 0 Å². The van der Waals surface area contributed by atoms with Gasteiger partial charge < -0.3 is 29.5 Å². The maximum atomic E-state index is 15.1. The van der Waals surface area contributed by atoms with Gasteiger partial charge in [0.2, 0.25) is 34.1 Å². The number of carbonyl (C=O) groups is 3. The molecule has 0 spiro atoms. The Morgan fingerprint density at radius 3 is 2.49 bits per heavy atom. The number of hydrogen-bond donors (Lipinski definition) is 4. The minimum absolute atomic E-state index is 0.00773. The third-order valence-electron chi connectivity index (χ3n) is 13.8. The molecule has 10 unspecified atom stereocenters. The average molecular weight is 856 g/mol. The van der Waals surface area contributed by atoms with Gasteiger partial charge in [-0.1, -0.05) is 56.3 Å². The summed E-state index contributed by atoms with van der Waals surface area (Å²) in [4.78, 5) is 50.3. The van der Waals surface area contributed by atoms with E-state index in [0.717, 1.165) is 30.2 Å². The van der Waals surface area contributed by atoms with Crippen LogP contribution < -0.4 is 24.8 Å². The van der Waals surface area contributed by atoms with Crippen LogP contribution in [-0.4, -0.2) is 96.3 Å². The zero-order valence-corrected chi connectivity index (χ0v) is 35.8. The van der Waals surface area contributed by atoms with Gasteiger partial charge in [-0.3, -0.25) is 24.4 Å². The van der Waals surface area contributed by atoms with E-state index in [1.165, 1.54) is 11.3 Å². The molecule has 1 saturated heterocycles. The SMILES string of the molecule is COc1ccc2c(OC3CC4C(=O)NC5(C(=O)NS(=O)(=O)C6CC6)CC5C=CCCC(C)CC(C)C(NC(O)OC5CC6CC6C5)C(=O)N4C3)nc(-c3ccccc3)cc2c1. The number of aliphatic hydroxyl groups excluding tert-OH is 1. The summed E-state index contributed by atoms with van der Waals surface area (Å²) in [5.41, 5.74) is 0.0338. The standard InChI is InChI=1S/C46H57N5O9S/c1-26-9-7-8-12-32-24-46(32,44(54)50-61(56,57)36-14-15-36)49-41(52)39-23-35(25-51(39)43(53)40(27(2)17-26)48-45(55)60-34-19-29-18-30(29)20-34)59-42-37-16-13-33(58-3)21-31(37)22-38(47-42)28-10-5-4-6-11-28/h4-6,8,10-13,16,21-22,26-27,29-30,32,34-36,39-40,45,48,55H,7,9,14-15,17-20,23-25H2,1-3H3,(H,49,52)(H,50,54). The summed E-state index contributed by atoms with van der Waals surface area (Å²) in [6.07, 6.45) is 8.05. The number of aliphatic hydroxyl groups is 1. The third kappa shape index (κ3) is 8.89. The van der Waals surface area contributed by atoms with E-state index in [9.17, 15) is 23.1 Å². The van der Waals surface area contributed by atoms with Gasteiger partial charge in [0.15, 0.2) is 0 Å². The number of pyridine rings is 1. The van der Waals surface area contributed by atoms with Crippen LogP contribution in [0.5, 0.6) is 11.6 Å². The number of amides is 3. The molecule has 4 saturated carbocycles. The summed E-state index contributed by atoms with van der Waals surface area (Å²) in [5, 5.41) is 18.3. The van der Waals surface area contributed by atoms with Crippen LogP contribution in [0.1, 0.15) is 78.1 Å². The van der Waals surface area contributed by atoms with Crippen molar-refractivity contribution < 1.29 is 42.1 Å². The molecule has 2 aliphatic heterocycles. The summed E-state index contributed by atoms with van der Waals surface area (Å²) < 4.78 is 46.6. The molecule has 4 aliphatic carbocycles. The van der Waals surface area contributed by atoms with Gasteiger partial charge in [-0.15, -0.1) is 0 Å². The average Bonchev–Trinajstić information content (AvgIpc) is 4.20. The Morgan fingerprint density at radius 1 is 0.984 bits per heavy atom. The van der Waals surface area contributed by atoms with Gasteiger partial charge in [0.25, 0.3) is 5.91 Å². The monoisotopic (exact) mass is 855 g/mol. The first-order valence-electron chi connectivity index (χ1n) is 22.0. The highest BCUT2D eigenvalue weighted by Crippen LogP contribution is 2.52. The summed E-state index contributed by atoms with van der Waals surface area (Å²) in [6.45, 7) is 4.11. The number of hydrogen-bond acceptors (Lipinski definition) is 11. The first kappa shape index (κ1) is 41.8. The van der Waals surface area contributed by atoms with E-state index in [1.54, 1.807) is 7.11 Å². The largest absolute Gasteiger partial charge is 0.497 e. The maximum absolute atomic E-state index is 15.1. The Morgan fingerprint density at radius 2 is 1.75 bits per heavy atom. The lowest BCUT2D eigenvalue weighted by Crippen LogP contribution is -2.59. The van der Waals surface area contributed by atoms with Gasteiger partial charge in [0, 0.05) is 23.3 Å². The van der Waals surface area contributed by atoms with E-state index in [4.69, 9.17) is 19.2 Å². The Kier molecular flexibility index (Phi) is 11.4. The molecule has 3 heterocycles. The molecular formula is C46H57N5O9S. The Bertz CT molecular complexity index is 2300. The Balaban J connectivity index is 1.05. The van der Waals surface area contributed by atoms with Crippen molar-refractivity contribution in [3.63, 3.8) is 0 Å². The predicted octanol–water partition coefficient (Wildman–Crippen LogP) is 4.80. The molecule has 4 N–H and O–H groups in total. The Labute approximate surface area is 357 Å². The van der Waals surface area contributed by atoms with Crippen LogP contribution in [0.4, 0.5) is 0 Å². The number of benzene rings is 2. The van der Waals surface area contributed by atoms with E-state index in [2.05, 4.69) is 22.3 Å². The number of allylic oxidation sites excluding steroid dienone is 1. The molecule has 14 nitrogen and oxygen atoms in total. The number of ether oxygens (including phenoxy) is 3. The lowest BCUT2D eigenvalue weighted by atomic mass is 9.88. The molecule has 10 atom stereocenters. The summed E-state index contributed by atoms with van der Waals surface area (Å²) in [6, 6.07) is 15.2. The van der Waals surface area contributed by atoms with Crippen LogP contribution in [-0.2, 0) is 29.1 Å². The van der Waals surface area contributed by atoms with Crippen molar-refractivity contribution in [2.24, 2.45) is 29.6 Å². The molecule has 3 aromatic rings.